The zero-order chi connectivity index (χ0) is 15.5. The first-order valence-corrected chi connectivity index (χ1v) is 8.80. The highest BCUT2D eigenvalue weighted by atomic mass is 32.1. The third kappa shape index (κ3) is 3.56. The molecule has 0 amide bonds. The minimum absolute atomic E-state index is 0.254. The second-order valence-corrected chi connectivity index (χ2v) is 7.10. The molecule has 2 heteroatoms. The van der Waals surface area contributed by atoms with Gasteiger partial charge in [0.1, 0.15) is 0 Å². The van der Waals surface area contributed by atoms with Gasteiger partial charge in [0, 0.05) is 0 Å². The lowest BCUT2D eigenvalue weighted by atomic mass is 9.81. The smallest absolute Gasteiger partial charge is 0.0587 e. The van der Waals surface area contributed by atoms with Crippen LogP contribution in [0.5, 0.6) is 0 Å². The van der Waals surface area contributed by atoms with Crippen LogP contribution in [0.25, 0.3) is 0 Å². The van der Waals surface area contributed by atoms with E-state index in [9.17, 15) is 0 Å². The summed E-state index contributed by atoms with van der Waals surface area (Å²) < 4.78 is 0. The van der Waals surface area contributed by atoms with Crippen LogP contribution in [-0.4, -0.2) is 6.54 Å². The normalized spacial score (nSPS) is 13.4. The molecule has 1 unspecified atom stereocenters. The van der Waals surface area contributed by atoms with E-state index in [1.54, 1.807) is 11.3 Å². The Morgan fingerprint density at radius 1 is 1.10 bits per heavy atom. The second-order valence-electron chi connectivity index (χ2n) is 6.36. The van der Waals surface area contributed by atoms with E-state index in [2.05, 4.69) is 75.0 Å². The van der Waals surface area contributed by atoms with Gasteiger partial charge in [-0.2, -0.15) is 11.3 Å². The zero-order valence-corrected chi connectivity index (χ0v) is 14.7. The molecule has 1 N–H and O–H groups in total. The van der Waals surface area contributed by atoms with E-state index in [0.717, 1.165) is 13.0 Å². The molecule has 0 aliphatic carbocycles. The number of aryl methyl sites for hydroxylation is 1. The molecule has 0 aliphatic heterocycles. The molecule has 0 spiro atoms. The highest BCUT2D eigenvalue weighted by Gasteiger charge is 2.20. The van der Waals surface area contributed by atoms with Gasteiger partial charge in [0.15, 0.2) is 0 Å². The lowest BCUT2D eigenvalue weighted by Gasteiger charge is -2.25. The van der Waals surface area contributed by atoms with Crippen molar-refractivity contribution in [2.45, 2.75) is 52.5 Å². The third-order valence-corrected chi connectivity index (χ3v) is 5.40. The number of rotatable bonds is 6. The molecule has 1 aromatic heterocycles. The van der Waals surface area contributed by atoms with Crippen LogP contribution in [-0.2, 0) is 5.41 Å². The van der Waals surface area contributed by atoms with Gasteiger partial charge in [-0.15, -0.1) is 0 Å². The van der Waals surface area contributed by atoms with Crippen LogP contribution in [0.2, 0.25) is 0 Å². The van der Waals surface area contributed by atoms with Crippen LogP contribution in [0, 0.1) is 6.92 Å². The monoisotopic (exact) mass is 301 g/mol. The van der Waals surface area contributed by atoms with E-state index in [1.165, 1.54) is 22.3 Å². The van der Waals surface area contributed by atoms with Crippen molar-refractivity contribution in [3.63, 3.8) is 0 Å². The summed E-state index contributed by atoms with van der Waals surface area (Å²) in [7, 11) is 0. The molecule has 114 valence electrons. The molecule has 2 aromatic rings. The van der Waals surface area contributed by atoms with E-state index in [0.29, 0.717) is 6.04 Å². The van der Waals surface area contributed by atoms with Crippen LogP contribution < -0.4 is 5.32 Å². The standard InChI is InChI=1S/C19H27NS/c1-6-19(4,5)16-10-8-15(9-11-16)18(20-7-2)17-13-21-12-14(17)3/h8-13,18,20H,6-7H2,1-5H3. The fourth-order valence-corrected chi connectivity index (χ4v) is 3.49. The van der Waals surface area contributed by atoms with Gasteiger partial charge in [0.25, 0.3) is 0 Å². The van der Waals surface area contributed by atoms with Crippen molar-refractivity contribution in [1.29, 1.82) is 0 Å². The Balaban J connectivity index is 2.32. The van der Waals surface area contributed by atoms with Crippen molar-refractivity contribution in [2.24, 2.45) is 0 Å². The van der Waals surface area contributed by atoms with Crippen LogP contribution in [0.15, 0.2) is 35.0 Å². The molecule has 0 bridgehead atoms. The molecule has 1 atom stereocenters. The Labute approximate surface area is 133 Å². The number of nitrogens with one attached hydrogen (secondary N) is 1. The van der Waals surface area contributed by atoms with Gasteiger partial charge in [-0.1, -0.05) is 52.0 Å². The maximum atomic E-state index is 3.62. The predicted octanol–water partition coefficient (Wildman–Crippen LogP) is 5.44. The first-order chi connectivity index (χ1) is 9.99. The van der Waals surface area contributed by atoms with Gasteiger partial charge in [-0.05, 0) is 58.3 Å². The number of hydrogen-bond acceptors (Lipinski definition) is 2. The molecule has 1 aromatic carbocycles. The first-order valence-electron chi connectivity index (χ1n) is 7.86. The summed E-state index contributed by atoms with van der Waals surface area (Å²) in [5, 5.41) is 8.12. The van der Waals surface area contributed by atoms with E-state index >= 15 is 0 Å². The van der Waals surface area contributed by atoms with E-state index in [-0.39, 0.29) is 5.41 Å². The van der Waals surface area contributed by atoms with Crippen molar-refractivity contribution in [1.82, 2.24) is 5.32 Å². The largest absolute Gasteiger partial charge is 0.306 e. The average Bonchev–Trinajstić information content (AvgIpc) is 2.91. The topological polar surface area (TPSA) is 12.0 Å². The maximum Gasteiger partial charge on any atom is 0.0587 e. The van der Waals surface area contributed by atoms with E-state index in [1.807, 2.05) is 0 Å². The van der Waals surface area contributed by atoms with Crippen molar-refractivity contribution in [3.8, 4) is 0 Å². The first kappa shape index (κ1) is 16.3. The maximum absolute atomic E-state index is 3.62. The molecule has 21 heavy (non-hydrogen) atoms. The van der Waals surface area contributed by atoms with Gasteiger partial charge in [0.05, 0.1) is 6.04 Å². The van der Waals surface area contributed by atoms with E-state index in [4.69, 9.17) is 0 Å². The second kappa shape index (κ2) is 6.76. The Kier molecular flexibility index (Phi) is 5.23. The Morgan fingerprint density at radius 3 is 2.24 bits per heavy atom. The summed E-state index contributed by atoms with van der Waals surface area (Å²) in [6.07, 6.45) is 1.16. The fraction of sp³-hybridized carbons (Fsp3) is 0.474. The summed E-state index contributed by atoms with van der Waals surface area (Å²) in [5.74, 6) is 0. The SMILES string of the molecule is CCNC(c1ccc(C(C)(C)CC)cc1)c1cscc1C. The minimum Gasteiger partial charge on any atom is -0.306 e. The summed E-state index contributed by atoms with van der Waals surface area (Å²) in [4.78, 5) is 0. The Hall–Kier alpha value is -1.12. The molecule has 0 radical (unpaired) electrons. The van der Waals surface area contributed by atoms with Crippen LogP contribution >= 0.6 is 11.3 Å². The minimum atomic E-state index is 0.254. The van der Waals surface area contributed by atoms with Crippen LogP contribution in [0.3, 0.4) is 0 Å². The van der Waals surface area contributed by atoms with Crippen LogP contribution in [0.1, 0.15) is 62.4 Å². The van der Waals surface area contributed by atoms with Crippen molar-refractivity contribution < 1.29 is 0 Å². The summed E-state index contributed by atoms with van der Waals surface area (Å²) in [6, 6.07) is 9.48. The van der Waals surface area contributed by atoms with Gasteiger partial charge >= 0.3 is 0 Å². The summed E-state index contributed by atoms with van der Waals surface area (Å²) in [5.41, 5.74) is 5.82. The highest BCUT2D eigenvalue weighted by molar-refractivity contribution is 7.08. The van der Waals surface area contributed by atoms with Crippen molar-refractivity contribution >= 4 is 11.3 Å². The number of thiophene rings is 1. The van der Waals surface area contributed by atoms with E-state index < -0.39 is 0 Å². The van der Waals surface area contributed by atoms with Crippen LogP contribution in [0.4, 0.5) is 0 Å². The lowest BCUT2D eigenvalue weighted by molar-refractivity contribution is 0.505. The van der Waals surface area contributed by atoms with Crippen molar-refractivity contribution in [3.05, 3.63) is 57.3 Å². The van der Waals surface area contributed by atoms with Gasteiger partial charge in [-0.25, -0.2) is 0 Å². The fourth-order valence-electron chi connectivity index (χ4n) is 2.61. The predicted molar refractivity (Wildman–Crippen MR) is 94.3 cm³/mol. The Morgan fingerprint density at radius 2 is 1.76 bits per heavy atom. The highest BCUT2D eigenvalue weighted by Crippen LogP contribution is 2.31. The summed E-state index contributed by atoms with van der Waals surface area (Å²) in [6.45, 7) is 12.2. The molecule has 1 nitrogen and oxygen atoms in total. The molecular formula is C19H27NS. The molecule has 0 saturated heterocycles. The zero-order valence-electron chi connectivity index (χ0n) is 13.9. The third-order valence-electron chi connectivity index (χ3n) is 4.52. The van der Waals surface area contributed by atoms with Crippen molar-refractivity contribution in [2.75, 3.05) is 6.54 Å². The van der Waals surface area contributed by atoms with Gasteiger partial charge in [-0.3, -0.25) is 0 Å². The summed E-state index contributed by atoms with van der Waals surface area (Å²) >= 11 is 1.79. The molecule has 0 aliphatic rings. The number of benzene rings is 1. The quantitative estimate of drug-likeness (QED) is 0.749. The Bertz CT molecular complexity index is 566. The molecule has 1 heterocycles. The molecule has 0 saturated carbocycles. The molecular weight excluding hydrogens is 274 g/mol. The molecule has 2 rings (SSSR count). The molecule has 0 fully saturated rings. The van der Waals surface area contributed by atoms with Gasteiger partial charge in [0.2, 0.25) is 0 Å². The van der Waals surface area contributed by atoms with Gasteiger partial charge < -0.3 is 5.32 Å². The number of hydrogen-bond donors (Lipinski definition) is 1. The average molecular weight is 301 g/mol. The lowest BCUT2D eigenvalue weighted by Crippen LogP contribution is -2.22.